The lowest BCUT2D eigenvalue weighted by atomic mass is 10.2. The first-order valence-electron chi connectivity index (χ1n) is 4.68. The second-order valence-corrected chi connectivity index (χ2v) is 2.98. The van der Waals surface area contributed by atoms with Crippen LogP contribution in [0.5, 0.6) is 5.88 Å². The summed E-state index contributed by atoms with van der Waals surface area (Å²) >= 11 is 0. The summed E-state index contributed by atoms with van der Waals surface area (Å²) in [6, 6.07) is 1.03. The Labute approximate surface area is 96.5 Å². The van der Waals surface area contributed by atoms with E-state index < -0.39 is 22.1 Å². The van der Waals surface area contributed by atoms with Gasteiger partial charge in [-0.25, -0.2) is 9.78 Å². The minimum Gasteiger partial charge on any atom is -0.477 e. The molecule has 0 saturated heterocycles. The maximum atomic E-state index is 10.8. The fourth-order valence-corrected chi connectivity index (χ4v) is 1.05. The third kappa shape index (κ3) is 3.26. The highest BCUT2D eigenvalue weighted by Crippen LogP contribution is 2.21. The van der Waals surface area contributed by atoms with Crippen LogP contribution in [0, 0.1) is 10.1 Å². The first-order valence-corrected chi connectivity index (χ1v) is 4.68. The van der Waals surface area contributed by atoms with E-state index in [1.54, 1.807) is 19.1 Å². The van der Waals surface area contributed by atoms with Crippen LogP contribution in [0.15, 0.2) is 24.4 Å². The molecular formula is C10H10N2O5. The number of allylic oxidation sites excluding steroid dienone is 1. The molecule has 1 rings (SSSR count). The normalized spacial score (nSPS) is 10.4. The summed E-state index contributed by atoms with van der Waals surface area (Å²) in [7, 11) is 0. The summed E-state index contributed by atoms with van der Waals surface area (Å²) in [5.41, 5.74) is -1.00. The van der Waals surface area contributed by atoms with Gasteiger partial charge in [0.1, 0.15) is 18.4 Å². The topological polar surface area (TPSA) is 103 Å². The molecule has 0 unspecified atom stereocenters. The predicted octanol–water partition coefficient (Wildman–Crippen LogP) is 1.64. The molecule has 0 amide bonds. The smallest absolute Gasteiger partial charge is 0.342 e. The maximum absolute atomic E-state index is 10.8. The molecule has 0 aliphatic heterocycles. The molecule has 0 saturated carbocycles. The van der Waals surface area contributed by atoms with Crippen molar-refractivity contribution < 1.29 is 19.6 Å². The Balaban J connectivity index is 3.01. The van der Waals surface area contributed by atoms with E-state index in [4.69, 9.17) is 9.84 Å². The summed E-state index contributed by atoms with van der Waals surface area (Å²) in [6.45, 7) is 2.02. The molecule has 1 N–H and O–H groups in total. The minimum atomic E-state index is -1.39. The van der Waals surface area contributed by atoms with Crippen LogP contribution in [0.4, 0.5) is 5.69 Å². The van der Waals surface area contributed by atoms with E-state index in [1.807, 2.05) is 0 Å². The fourth-order valence-electron chi connectivity index (χ4n) is 1.05. The van der Waals surface area contributed by atoms with Gasteiger partial charge in [-0.1, -0.05) is 12.2 Å². The number of carboxylic acid groups (broad SMARTS) is 1. The predicted molar refractivity (Wildman–Crippen MR) is 58.2 cm³/mol. The number of ether oxygens (including phenoxy) is 1. The number of nitrogens with zero attached hydrogens (tertiary/aromatic N) is 2. The van der Waals surface area contributed by atoms with Crippen LogP contribution in [0.2, 0.25) is 0 Å². The molecule has 7 heteroatoms. The lowest BCUT2D eigenvalue weighted by Gasteiger charge is -2.03. The maximum Gasteiger partial charge on any atom is 0.342 e. The van der Waals surface area contributed by atoms with E-state index >= 15 is 0 Å². The Bertz CT molecular complexity index is 470. The molecule has 0 bridgehead atoms. The summed E-state index contributed by atoms with van der Waals surface area (Å²) < 4.78 is 5.09. The van der Waals surface area contributed by atoms with Crippen molar-refractivity contribution in [2.45, 2.75) is 6.92 Å². The molecule has 0 aromatic carbocycles. The lowest BCUT2D eigenvalue weighted by Crippen LogP contribution is -2.05. The van der Waals surface area contributed by atoms with E-state index in [1.165, 1.54) is 0 Å². The molecular weight excluding hydrogens is 228 g/mol. The zero-order chi connectivity index (χ0) is 12.8. The summed E-state index contributed by atoms with van der Waals surface area (Å²) in [6.07, 6.45) is 4.32. The first kappa shape index (κ1) is 12.6. The molecule has 1 heterocycles. The Kier molecular flexibility index (Phi) is 4.15. The van der Waals surface area contributed by atoms with Gasteiger partial charge in [-0.05, 0) is 6.92 Å². The molecule has 0 spiro atoms. The molecule has 1 aromatic heterocycles. The lowest BCUT2D eigenvalue weighted by molar-refractivity contribution is -0.385. The van der Waals surface area contributed by atoms with Crippen molar-refractivity contribution >= 4 is 11.7 Å². The van der Waals surface area contributed by atoms with Crippen LogP contribution in [-0.4, -0.2) is 27.6 Å². The quantitative estimate of drug-likeness (QED) is 0.475. The third-order valence-corrected chi connectivity index (χ3v) is 1.85. The molecule has 0 aliphatic rings. The van der Waals surface area contributed by atoms with Crippen LogP contribution >= 0.6 is 0 Å². The van der Waals surface area contributed by atoms with Crippen molar-refractivity contribution in [3.63, 3.8) is 0 Å². The van der Waals surface area contributed by atoms with Gasteiger partial charge in [0.15, 0.2) is 0 Å². The van der Waals surface area contributed by atoms with Crippen LogP contribution in [-0.2, 0) is 0 Å². The van der Waals surface area contributed by atoms with E-state index in [9.17, 15) is 14.9 Å². The Morgan fingerprint density at radius 1 is 1.71 bits per heavy atom. The third-order valence-electron chi connectivity index (χ3n) is 1.85. The zero-order valence-corrected chi connectivity index (χ0v) is 8.99. The standard InChI is InChI=1S/C10H10N2O5/c1-2-3-4-17-9-5-7(10(13)14)8(6-11-9)12(15)16/h2-3,5-6H,4H2,1H3,(H,13,14)/b3-2+. The average molecular weight is 238 g/mol. The van der Waals surface area contributed by atoms with Gasteiger partial charge in [0.25, 0.3) is 0 Å². The highest BCUT2D eigenvalue weighted by Gasteiger charge is 2.21. The zero-order valence-electron chi connectivity index (χ0n) is 8.99. The number of hydrogen-bond acceptors (Lipinski definition) is 5. The number of nitro groups is 1. The second kappa shape index (κ2) is 5.59. The van der Waals surface area contributed by atoms with Crippen LogP contribution < -0.4 is 4.74 Å². The highest BCUT2D eigenvalue weighted by molar-refractivity contribution is 5.92. The largest absolute Gasteiger partial charge is 0.477 e. The molecule has 1 aromatic rings. The fraction of sp³-hybridized carbons (Fsp3) is 0.200. The Hall–Kier alpha value is -2.44. The molecule has 0 aliphatic carbocycles. The van der Waals surface area contributed by atoms with Gasteiger partial charge in [0.05, 0.1) is 4.92 Å². The summed E-state index contributed by atoms with van der Waals surface area (Å²) in [5, 5.41) is 19.4. The van der Waals surface area contributed by atoms with Gasteiger partial charge in [-0.3, -0.25) is 10.1 Å². The van der Waals surface area contributed by atoms with Gasteiger partial charge in [-0.2, -0.15) is 0 Å². The number of hydrogen-bond donors (Lipinski definition) is 1. The van der Waals surface area contributed by atoms with Crippen molar-refractivity contribution in [3.8, 4) is 5.88 Å². The van der Waals surface area contributed by atoms with Crippen LogP contribution in [0.3, 0.4) is 0 Å². The number of carbonyl (C=O) groups is 1. The van der Waals surface area contributed by atoms with Crippen molar-refractivity contribution in [3.05, 3.63) is 40.1 Å². The summed E-state index contributed by atoms with van der Waals surface area (Å²) in [5.74, 6) is -1.36. The average Bonchev–Trinajstić information content (AvgIpc) is 2.29. The molecule has 0 atom stereocenters. The number of aromatic carboxylic acids is 1. The van der Waals surface area contributed by atoms with Crippen LogP contribution in [0.25, 0.3) is 0 Å². The molecule has 17 heavy (non-hydrogen) atoms. The SMILES string of the molecule is C/C=C/COc1cc(C(=O)O)c([N+](=O)[O-])cn1. The summed E-state index contributed by atoms with van der Waals surface area (Å²) in [4.78, 5) is 24.2. The van der Waals surface area contributed by atoms with Gasteiger partial charge < -0.3 is 9.84 Å². The molecule has 0 fully saturated rings. The minimum absolute atomic E-state index is 0.0334. The van der Waals surface area contributed by atoms with E-state index in [-0.39, 0.29) is 12.5 Å². The Morgan fingerprint density at radius 3 is 2.94 bits per heavy atom. The van der Waals surface area contributed by atoms with E-state index in [0.717, 1.165) is 12.3 Å². The van der Waals surface area contributed by atoms with E-state index in [0.29, 0.717) is 0 Å². The number of aromatic nitrogens is 1. The second-order valence-electron chi connectivity index (χ2n) is 2.98. The number of pyridine rings is 1. The van der Waals surface area contributed by atoms with Crippen LogP contribution in [0.1, 0.15) is 17.3 Å². The van der Waals surface area contributed by atoms with Crippen molar-refractivity contribution in [1.29, 1.82) is 0 Å². The van der Waals surface area contributed by atoms with Gasteiger partial charge >= 0.3 is 11.7 Å². The van der Waals surface area contributed by atoms with Crippen molar-refractivity contribution in [2.75, 3.05) is 6.61 Å². The van der Waals surface area contributed by atoms with Gasteiger partial charge in [0.2, 0.25) is 5.88 Å². The Morgan fingerprint density at radius 2 is 2.41 bits per heavy atom. The molecule has 7 nitrogen and oxygen atoms in total. The van der Waals surface area contributed by atoms with Crippen molar-refractivity contribution in [2.24, 2.45) is 0 Å². The molecule has 90 valence electrons. The monoisotopic (exact) mass is 238 g/mol. The number of rotatable bonds is 5. The van der Waals surface area contributed by atoms with E-state index in [2.05, 4.69) is 4.98 Å². The molecule has 0 radical (unpaired) electrons. The highest BCUT2D eigenvalue weighted by atomic mass is 16.6. The van der Waals surface area contributed by atoms with Gasteiger partial charge in [0, 0.05) is 6.07 Å². The van der Waals surface area contributed by atoms with Gasteiger partial charge in [-0.15, -0.1) is 0 Å². The van der Waals surface area contributed by atoms with Crippen molar-refractivity contribution in [1.82, 2.24) is 4.98 Å². The number of carboxylic acids is 1. The first-order chi connectivity index (χ1) is 8.06.